The van der Waals surface area contributed by atoms with Gasteiger partial charge in [0.05, 0.1) is 0 Å². The van der Waals surface area contributed by atoms with Crippen LogP contribution >= 0.6 is 15.9 Å². The van der Waals surface area contributed by atoms with Crippen LogP contribution < -0.4 is 4.72 Å². The minimum Gasteiger partial charge on any atom is -0.598 e. The summed E-state index contributed by atoms with van der Waals surface area (Å²) in [5.74, 6) is -1.33. The van der Waals surface area contributed by atoms with Crippen molar-refractivity contribution in [3.63, 3.8) is 0 Å². The first kappa shape index (κ1) is 23.5. The second-order valence-corrected chi connectivity index (χ2v) is 9.26. The molecule has 0 saturated carbocycles. The van der Waals surface area contributed by atoms with E-state index in [0.29, 0.717) is 0 Å². The fourth-order valence-corrected chi connectivity index (χ4v) is 3.11. The van der Waals surface area contributed by atoms with Gasteiger partial charge in [-0.25, -0.2) is 18.2 Å². The zero-order chi connectivity index (χ0) is 20.5. The Balaban J connectivity index is 3.57. The number of rotatable bonds is 6. The second-order valence-electron chi connectivity index (χ2n) is 6.48. The Kier molecular flexibility index (Phi) is 7.41. The van der Waals surface area contributed by atoms with Gasteiger partial charge >= 0.3 is 6.18 Å². The van der Waals surface area contributed by atoms with Crippen LogP contribution in [0.25, 0.3) is 0 Å². The Morgan fingerprint density at radius 1 is 1.27 bits per heavy atom. The standard InChI is InChI=1S/C14H17BrF6N2O2S/c1-12(2,3)26(25)23-13(11(17)18,6-8(24)14(19,20)21)10-7(16)4-5-9(15)22-10/h4-5,8,11,23-24H,6H2,1-3H3/t8-,13+,26+/m0/s1. The Labute approximate surface area is 157 Å². The molecule has 0 radical (unpaired) electrons. The van der Waals surface area contributed by atoms with Crippen molar-refractivity contribution in [2.45, 2.75) is 56.2 Å². The number of hydrogen-bond acceptors (Lipinski definition) is 4. The van der Waals surface area contributed by atoms with Gasteiger partial charge in [-0.05, 0) is 48.8 Å². The summed E-state index contributed by atoms with van der Waals surface area (Å²) in [6.45, 7) is 4.16. The molecular weight excluding hydrogens is 454 g/mol. The SMILES string of the molecule is CC(C)(C)[S@@+]([O-])N[C@](C[C@H](O)C(F)(F)F)(c1nc(Br)ccc1F)C(F)F. The Morgan fingerprint density at radius 2 is 1.81 bits per heavy atom. The lowest BCUT2D eigenvalue weighted by atomic mass is 9.88. The van der Waals surface area contributed by atoms with Gasteiger partial charge in [-0.1, -0.05) is 0 Å². The maximum absolute atomic E-state index is 14.2. The number of nitrogens with one attached hydrogen (secondary N) is 1. The van der Waals surface area contributed by atoms with Crippen LogP contribution in [0.5, 0.6) is 0 Å². The molecule has 12 heteroatoms. The van der Waals surface area contributed by atoms with Gasteiger partial charge in [0, 0.05) is 17.8 Å². The molecule has 0 aliphatic carbocycles. The van der Waals surface area contributed by atoms with Crippen LogP contribution in [0.2, 0.25) is 0 Å². The summed E-state index contributed by atoms with van der Waals surface area (Å²) >= 11 is 0.522. The van der Waals surface area contributed by atoms with Gasteiger partial charge in [-0.3, -0.25) is 0 Å². The largest absolute Gasteiger partial charge is 0.598 e. The van der Waals surface area contributed by atoms with Crippen LogP contribution in [0.1, 0.15) is 32.9 Å². The number of hydrogen-bond donors (Lipinski definition) is 2. The average Bonchev–Trinajstić information content (AvgIpc) is 2.46. The van der Waals surface area contributed by atoms with Crippen molar-refractivity contribution in [2.75, 3.05) is 0 Å². The molecular formula is C14H17BrF6N2O2S. The van der Waals surface area contributed by atoms with E-state index in [0.717, 1.165) is 12.1 Å². The molecule has 3 atom stereocenters. The lowest BCUT2D eigenvalue weighted by molar-refractivity contribution is -0.214. The highest BCUT2D eigenvalue weighted by Gasteiger charge is 2.55. The predicted molar refractivity (Wildman–Crippen MR) is 87.3 cm³/mol. The van der Waals surface area contributed by atoms with Gasteiger partial charge in [-0.2, -0.15) is 13.2 Å². The molecule has 2 N–H and O–H groups in total. The first-order valence-electron chi connectivity index (χ1n) is 7.16. The van der Waals surface area contributed by atoms with E-state index in [9.17, 15) is 36.0 Å². The van der Waals surface area contributed by atoms with Crippen LogP contribution in [0.3, 0.4) is 0 Å². The van der Waals surface area contributed by atoms with Crippen molar-refractivity contribution in [3.05, 3.63) is 28.2 Å². The van der Waals surface area contributed by atoms with E-state index < -0.39 is 58.3 Å². The highest BCUT2D eigenvalue weighted by molar-refractivity contribution is 9.10. The topological polar surface area (TPSA) is 68.2 Å². The van der Waals surface area contributed by atoms with Gasteiger partial charge in [-0.15, -0.1) is 4.72 Å². The molecule has 0 spiro atoms. The molecule has 1 heterocycles. The van der Waals surface area contributed by atoms with Crippen molar-refractivity contribution in [3.8, 4) is 0 Å². The molecule has 0 aliphatic rings. The van der Waals surface area contributed by atoms with Crippen LogP contribution in [0.4, 0.5) is 26.3 Å². The highest BCUT2D eigenvalue weighted by atomic mass is 79.9. The number of pyridine rings is 1. The van der Waals surface area contributed by atoms with E-state index in [1.165, 1.54) is 20.8 Å². The lowest BCUT2D eigenvalue weighted by Gasteiger charge is -2.37. The van der Waals surface area contributed by atoms with Gasteiger partial charge in [0.25, 0.3) is 6.43 Å². The first-order chi connectivity index (χ1) is 11.6. The molecule has 4 nitrogen and oxygen atoms in total. The quantitative estimate of drug-likeness (QED) is 0.376. The molecule has 0 bridgehead atoms. The summed E-state index contributed by atoms with van der Waals surface area (Å²) in [5.41, 5.74) is -4.22. The molecule has 0 aliphatic heterocycles. The number of halogens is 7. The lowest BCUT2D eigenvalue weighted by Crippen LogP contribution is -2.58. The van der Waals surface area contributed by atoms with Gasteiger partial charge in [0.15, 0.2) is 11.6 Å². The zero-order valence-electron chi connectivity index (χ0n) is 13.9. The van der Waals surface area contributed by atoms with Crippen LogP contribution in [0.15, 0.2) is 16.7 Å². The first-order valence-corrected chi connectivity index (χ1v) is 9.10. The number of aliphatic hydroxyl groups is 1. The van der Waals surface area contributed by atoms with Gasteiger partial charge in [0.2, 0.25) is 0 Å². The van der Waals surface area contributed by atoms with Crippen molar-refractivity contribution in [1.29, 1.82) is 0 Å². The summed E-state index contributed by atoms with van der Waals surface area (Å²) in [4.78, 5) is 3.52. The summed E-state index contributed by atoms with van der Waals surface area (Å²) in [6, 6.07) is 1.79. The fourth-order valence-electron chi connectivity index (χ4n) is 1.89. The third kappa shape index (κ3) is 5.47. The number of aromatic nitrogens is 1. The maximum Gasteiger partial charge on any atom is 0.414 e. The number of aliphatic hydroxyl groups excluding tert-OH is 1. The van der Waals surface area contributed by atoms with Crippen LogP contribution in [-0.2, 0) is 16.9 Å². The Hall–Kier alpha value is -0.560. The van der Waals surface area contributed by atoms with Crippen molar-refractivity contribution < 1.29 is 36.0 Å². The average molecular weight is 471 g/mol. The molecule has 1 rings (SSSR count). The van der Waals surface area contributed by atoms with Crippen molar-refractivity contribution >= 4 is 27.3 Å². The van der Waals surface area contributed by atoms with E-state index in [1.807, 2.05) is 4.72 Å². The molecule has 0 aromatic carbocycles. The molecule has 0 fully saturated rings. The Bertz CT molecular complexity index is 604. The van der Waals surface area contributed by atoms with Crippen molar-refractivity contribution in [1.82, 2.24) is 9.71 Å². The number of nitrogens with zero attached hydrogens (tertiary/aromatic N) is 1. The third-order valence-electron chi connectivity index (χ3n) is 3.33. The molecule has 1 aromatic heterocycles. The van der Waals surface area contributed by atoms with Crippen LogP contribution in [0, 0.1) is 5.82 Å². The van der Waals surface area contributed by atoms with E-state index in [4.69, 9.17) is 0 Å². The molecule has 0 unspecified atom stereocenters. The monoisotopic (exact) mass is 470 g/mol. The summed E-state index contributed by atoms with van der Waals surface area (Å²) < 4.78 is 93.4. The molecule has 0 amide bonds. The third-order valence-corrected chi connectivity index (χ3v) is 5.43. The zero-order valence-corrected chi connectivity index (χ0v) is 16.3. The van der Waals surface area contributed by atoms with E-state index in [1.54, 1.807) is 0 Å². The Morgan fingerprint density at radius 3 is 2.23 bits per heavy atom. The summed E-state index contributed by atoms with van der Waals surface area (Å²) in [6.07, 6.45) is -13.8. The molecule has 150 valence electrons. The van der Waals surface area contributed by atoms with Gasteiger partial charge < -0.3 is 9.66 Å². The predicted octanol–water partition coefficient (Wildman–Crippen LogP) is 3.81. The van der Waals surface area contributed by atoms with E-state index >= 15 is 0 Å². The summed E-state index contributed by atoms with van der Waals surface area (Å²) in [7, 11) is 0. The van der Waals surface area contributed by atoms with E-state index in [-0.39, 0.29) is 4.60 Å². The molecule has 1 aromatic rings. The normalized spacial score (nSPS) is 17.9. The molecule has 26 heavy (non-hydrogen) atoms. The van der Waals surface area contributed by atoms with E-state index in [2.05, 4.69) is 20.9 Å². The van der Waals surface area contributed by atoms with Crippen LogP contribution in [-0.4, -0.2) is 38.1 Å². The highest BCUT2D eigenvalue weighted by Crippen LogP contribution is 2.39. The summed E-state index contributed by atoms with van der Waals surface area (Å²) in [5, 5.41) is 9.35. The minimum atomic E-state index is -5.24. The fraction of sp³-hybridized carbons (Fsp3) is 0.643. The van der Waals surface area contributed by atoms with Crippen molar-refractivity contribution in [2.24, 2.45) is 0 Å². The maximum atomic E-state index is 14.2. The number of alkyl halides is 5. The second kappa shape index (κ2) is 8.21. The molecule has 0 saturated heterocycles. The minimum absolute atomic E-state index is 0.122. The van der Waals surface area contributed by atoms with Gasteiger partial charge in [0.1, 0.15) is 20.9 Å². The smallest absolute Gasteiger partial charge is 0.414 e.